The van der Waals surface area contributed by atoms with Crippen molar-refractivity contribution in [1.29, 1.82) is 0 Å². The van der Waals surface area contributed by atoms with Crippen LogP contribution in [0.1, 0.15) is 22.3 Å². The van der Waals surface area contributed by atoms with E-state index < -0.39 is 0 Å². The molecule has 5 aromatic rings. The Morgan fingerprint density at radius 3 is 1.94 bits per heavy atom. The summed E-state index contributed by atoms with van der Waals surface area (Å²) in [7, 11) is 0. The van der Waals surface area contributed by atoms with Gasteiger partial charge in [0.25, 0.3) is 0 Å². The zero-order chi connectivity index (χ0) is 24.7. The van der Waals surface area contributed by atoms with Crippen LogP contribution < -0.4 is 15.2 Å². The fraction of sp³-hybridized carbons (Fsp3) is 0.129. The number of aromatic nitrogens is 1. The van der Waals surface area contributed by atoms with Crippen molar-refractivity contribution in [2.75, 3.05) is 0 Å². The van der Waals surface area contributed by atoms with Crippen LogP contribution >= 0.6 is 0 Å². The lowest BCUT2D eigenvalue weighted by Crippen LogP contribution is -2.13. The highest BCUT2D eigenvalue weighted by Gasteiger charge is 2.13. The van der Waals surface area contributed by atoms with E-state index in [0.29, 0.717) is 19.8 Å². The molecule has 0 atom stereocenters. The first-order chi connectivity index (χ1) is 17.6. The van der Waals surface area contributed by atoms with Gasteiger partial charge in [0.2, 0.25) is 5.91 Å². The molecular formula is C31H28N2O3. The molecule has 5 heteroatoms. The second kappa shape index (κ2) is 10.8. The van der Waals surface area contributed by atoms with Gasteiger partial charge < -0.3 is 19.8 Å². The largest absolute Gasteiger partial charge is 0.489 e. The molecule has 1 amide bonds. The lowest BCUT2D eigenvalue weighted by Gasteiger charge is -2.10. The normalized spacial score (nSPS) is 10.9. The van der Waals surface area contributed by atoms with Crippen molar-refractivity contribution in [2.45, 2.75) is 26.2 Å². The summed E-state index contributed by atoms with van der Waals surface area (Å²) in [6.45, 7) is 1.64. The average Bonchev–Trinajstić information content (AvgIpc) is 3.23. The first-order valence-electron chi connectivity index (χ1n) is 12.0. The van der Waals surface area contributed by atoms with Gasteiger partial charge in [-0.1, -0.05) is 72.8 Å². The Bertz CT molecular complexity index is 1460. The summed E-state index contributed by atoms with van der Waals surface area (Å²) in [6, 6.07) is 34.2. The summed E-state index contributed by atoms with van der Waals surface area (Å²) in [5.41, 5.74) is 10.8. The fourth-order valence-corrected chi connectivity index (χ4v) is 4.31. The summed E-state index contributed by atoms with van der Waals surface area (Å²) in [5.74, 6) is 1.22. The van der Waals surface area contributed by atoms with E-state index in [9.17, 15) is 4.79 Å². The van der Waals surface area contributed by atoms with Crippen molar-refractivity contribution in [3.05, 3.63) is 132 Å². The predicted octanol–water partition coefficient (Wildman–Crippen LogP) is 5.88. The minimum absolute atomic E-state index is 0.172. The van der Waals surface area contributed by atoms with E-state index in [4.69, 9.17) is 15.2 Å². The second-order valence-corrected chi connectivity index (χ2v) is 8.80. The number of amides is 1. The number of benzene rings is 4. The molecule has 1 aromatic heterocycles. The van der Waals surface area contributed by atoms with Gasteiger partial charge in [0.15, 0.2) is 0 Å². The molecule has 0 spiro atoms. The maximum Gasteiger partial charge on any atom is 0.221 e. The maximum absolute atomic E-state index is 11.8. The van der Waals surface area contributed by atoms with Gasteiger partial charge in [-0.2, -0.15) is 0 Å². The lowest BCUT2D eigenvalue weighted by molar-refractivity contribution is -0.117. The van der Waals surface area contributed by atoms with E-state index >= 15 is 0 Å². The Morgan fingerprint density at radius 1 is 0.694 bits per heavy atom. The maximum atomic E-state index is 11.8. The van der Waals surface area contributed by atoms with Gasteiger partial charge in [0.05, 0.1) is 6.42 Å². The van der Waals surface area contributed by atoms with Crippen LogP contribution in [0, 0.1) is 0 Å². The molecule has 36 heavy (non-hydrogen) atoms. The Morgan fingerprint density at radius 2 is 1.31 bits per heavy atom. The van der Waals surface area contributed by atoms with Gasteiger partial charge in [0, 0.05) is 23.6 Å². The number of fused-ring (bicyclic) bond motifs is 1. The predicted molar refractivity (Wildman–Crippen MR) is 142 cm³/mol. The number of carbonyl (C=O) groups excluding carboxylic acids is 1. The summed E-state index contributed by atoms with van der Waals surface area (Å²) in [5, 5.41) is 0.968. The quantitative estimate of drug-likeness (QED) is 0.274. The Balaban J connectivity index is 1.36. The van der Waals surface area contributed by atoms with Gasteiger partial charge in [-0.05, 0) is 52.6 Å². The summed E-state index contributed by atoms with van der Waals surface area (Å²) in [6.07, 6.45) is 2.18. The van der Waals surface area contributed by atoms with Crippen LogP contribution in [0.3, 0.4) is 0 Å². The Labute approximate surface area is 210 Å². The van der Waals surface area contributed by atoms with E-state index in [-0.39, 0.29) is 12.3 Å². The summed E-state index contributed by atoms with van der Waals surface area (Å²) in [4.78, 5) is 11.8. The number of hydrogen-bond donors (Lipinski definition) is 1. The third kappa shape index (κ3) is 5.76. The molecule has 2 N–H and O–H groups in total. The van der Waals surface area contributed by atoms with E-state index in [1.165, 1.54) is 0 Å². The van der Waals surface area contributed by atoms with Crippen LogP contribution in [0.25, 0.3) is 10.9 Å². The van der Waals surface area contributed by atoms with Gasteiger partial charge in [-0.25, -0.2) is 0 Å². The summed E-state index contributed by atoms with van der Waals surface area (Å²) < 4.78 is 14.2. The Hall–Kier alpha value is -4.51. The zero-order valence-electron chi connectivity index (χ0n) is 20.0. The topological polar surface area (TPSA) is 66.5 Å². The number of carbonyl (C=O) groups is 1. The number of ether oxygens (including phenoxy) is 2. The first-order valence-corrected chi connectivity index (χ1v) is 12.0. The van der Waals surface area contributed by atoms with Crippen LogP contribution in [-0.2, 0) is 31.0 Å². The summed E-state index contributed by atoms with van der Waals surface area (Å²) >= 11 is 0. The van der Waals surface area contributed by atoms with Gasteiger partial charge in [-0.3, -0.25) is 4.79 Å². The monoisotopic (exact) mass is 476 g/mol. The van der Waals surface area contributed by atoms with Crippen LogP contribution in [0.4, 0.5) is 0 Å². The molecule has 5 nitrogen and oxygen atoms in total. The van der Waals surface area contributed by atoms with Crippen molar-refractivity contribution in [1.82, 2.24) is 4.57 Å². The smallest absolute Gasteiger partial charge is 0.221 e. The first kappa shape index (κ1) is 23.2. The molecule has 0 radical (unpaired) electrons. The van der Waals surface area contributed by atoms with Crippen molar-refractivity contribution >= 4 is 16.8 Å². The van der Waals surface area contributed by atoms with Crippen LogP contribution in [-0.4, -0.2) is 10.5 Å². The third-order valence-corrected chi connectivity index (χ3v) is 6.05. The third-order valence-electron chi connectivity index (χ3n) is 6.05. The van der Waals surface area contributed by atoms with Gasteiger partial charge in [-0.15, -0.1) is 0 Å². The number of rotatable bonds is 10. The number of nitrogens with two attached hydrogens (primary N) is 1. The number of hydrogen-bond acceptors (Lipinski definition) is 3. The lowest BCUT2D eigenvalue weighted by atomic mass is 10.1. The molecule has 0 fully saturated rings. The van der Waals surface area contributed by atoms with E-state index in [1.807, 2.05) is 97.2 Å². The zero-order valence-corrected chi connectivity index (χ0v) is 20.0. The standard InChI is InChI=1S/C31H28N2O3/c32-31(34)17-26-20-33(19-25-12-7-13-27(16-25)35-21-23-8-3-1-4-9-23)30-15-14-28(18-29(26)30)36-22-24-10-5-2-6-11-24/h1-16,18,20H,17,19,21-22H2,(H2,32,34). The van der Waals surface area contributed by atoms with Crippen molar-refractivity contribution in [2.24, 2.45) is 5.73 Å². The molecule has 0 aliphatic carbocycles. The van der Waals surface area contributed by atoms with E-state index in [0.717, 1.165) is 44.7 Å². The average molecular weight is 477 g/mol. The highest BCUT2D eigenvalue weighted by molar-refractivity contribution is 5.90. The highest BCUT2D eigenvalue weighted by Crippen LogP contribution is 2.28. The minimum atomic E-state index is -0.360. The van der Waals surface area contributed by atoms with Crippen LogP contribution in [0.15, 0.2) is 109 Å². The van der Waals surface area contributed by atoms with Crippen molar-refractivity contribution in [3.8, 4) is 11.5 Å². The van der Waals surface area contributed by atoms with Crippen molar-refractivity contribution < 1.29 is 14.3 Å². The molecule has 180 valence electrons. The Kier molecular flexibility index (Phi) is 6.99. The molecule has 0 unspecified atom stereocenters. The molecule has 0 aliphatic heterocycles. The number of nitrogens with zero attached hydrogens (tertiary/aromatic N) is 1. The SMILES string of the molecule is NC(=O)Cc1cn(Cc2cccc(OCc3ccccc3)c2)c2ccc(OCc3ccccc3)cc12. The molecule has 4 aromatic carbocycles. The minimum Gasteiger partial charge on any atom is -0.489 e. The van der Waals surface area contributed by atoms with Gasteiger partial charge >= 0.3 is 0 Å². The molecule has 0 saturated carbocycles. The molecule has 5 rings (SSSR count). The molecule has 0 aliphatic rings. The van der Waals surface area contributed by atoms with E-state index in [2.05, 4.69) is 16.7 Å². The highest BCUT2D eigenvalue weighted by atomic mass is 16.5. The number of primary amides is 1. The van der Waals surface area contributed by atoms with Crippen LogP contribution in [0.2, 0.25) is 0 Å². The van der Waals surface area contributed by atoms with E-state index in [1.54, 1.807) is 0 Å². The molecule has 0 bridgehead atoms. The van der Waals surface area contributed by atoms with Crippen molar-refractivity contribution in [3.63, 3.8) is 0 Å². The molecular weight excluding hydrogens is 448 g/mol. The molecule has 0 saturated heterocycles. The fourth-order valence-electron chi connectivity index (χ4n) is 4.31. The molecule has 1 heterocycles. The van der Waals surface area contributed by atoms with Crippen LogP contribution in [0.5, 0.6) is 11.5 Å². The van der Waals surface area contributed by atoms with Gasteiger partial charge in [0.1, 0.15) is 24.7 Å². The second-order valence-electron chi connectivity index (χ2n) is 8.80.